The highest BCUT2D eigenvalue weighted by Gasteiger charge is 2.52. The van der Waals surface area contributed by atoms with Gasteiger partial charge in [0.05, 0.1) is 22.6 Å². The van der Waals surface area contributed by atoms with Gasteiger partial charge in [0.25, 0.3) is 0 Å². The minimum Gasteiger partial charge on any atom is -0.399 e. The first-order chi connectivity index (χ1) is 25.3. The number of anilines is 3. The molecule has 5 heteroatoms. The monoisotopic (exact) mass is 676 g/mol. The molecular weight excluding hydrogens is 635 g/mol. The molecule has 52 heavy (non-hydrogen) atoms. The van der Waals surface area contributed by atoms with Crippen molar-refractivity contribution in [2.75, 3.05) is 4.90 Å². The number of hydrogen-bond donors (Lipinski definition) is 0. The third kappa shape index (κ3) is 6.46. The van der Waals surface area contributed by atoms with E-state index in [-0.39, 0.29) is 0 Å². The van der Waals surface area contributed by atoms with Gasteiger partial charge in [0.2, 0.25) is 0 Å². The van der Waals surface area contributed by atoms with Crippen LogP contribution in [0.1, 0.15) is 27.7 Å². The first kappa shape index (κ1) is 33.4. The van der Waals surface area contributed by atoms with E-state index in [0.29, 0.717) is 0 Å². The summed E-state index contributed by atoms with van der Waals surface area (Å²) >= 11 is 0. The van der Waals surface area contributed by atoms with Crippen molar-refractivity contribution in [1.82, 2.24) is 4.98 Å². The Kier molecular flexibility index (Phi) is 8.84. The summed E-state index contributed by atoms with van der Waals surface area (Å²) in [5, 5.41) is 0. The van der Waals surface area contributed by atoms with Gasteiger partial charge in [0, 0.05) is 28.7 Å². The number of aromatic nitrogens is 1. The molecule has 0 N–H and O–H groups in total. The van der Waals surface area contributed by atoms with Gasteiger partial charge in [-0.2, -0.15) is 0 Å². The molecule has 1 fully saturated rings. The number of rotatable bonds is 8. The Morgan fingerprint density at radius 1 is 0.462 bits per heavy atom. The summed E-state index contributed by atoms with van der Waals surface area (Å²) in [6.07, 6.45) is 1.84. The summed E-state index contributed by atoms with van der Waals surface area (Å²) in [5.41, 5.74) is 12.0. The van der Waals surface area contributed by atoms with Gasteiger partial charge in [-0.05, 0) is 103 Å². The molecule has 0 aliphatic carbocycles. The quantitative estimate of drug-likeness (QED) is 0.150. The zero-order valence-electron chi connectivity index (χ0n) is 30.0. The molecule has 6 aromatic carbocycles. The van der Waals surface area contributed by atoms with Crippen LogP contribution in [0.15, 0.2) is 176 Å². The average Bonchev–Trinajstić information content (AvgIpc) is 3.42. The van der Waals surface area contributed by atoms with Crippen LogP contribution in [-0.2, 0) is 9.31 Å². The fourth-order valence-electron chi connectivity index (χ4n) is 6.85. The topological polar surface area (TPSA) is 34.6 Å². The second-order valence-corrected chi connectivity index (χ2v) is 14.3. The molecule has 1 saturated heterocycles. The molecule has 0 radical (unpaired) electrons. The van der Waals surface area contributed by atoms with Crippen LogP contribution in [-0.4, -0.2) is 23.3 Å². The third-order valence-electron chi connectivity index (χ3n) is 10.4. The predicted molar refractivity (Wildman–Crippen MR) is 216 cm³/mol. The number of pyridine rings is 1. The van der Waals surface area contributed by atoms with Crippen LogP contribution in [0, 0.1) is 0 Å². The van der Waals surface area contributed by atoms with E-state index in [4.69, 9.17) is 14.3 Å². The second-order valence-electron chi connectivity index (χ2n) is 14.3. The fourth-order valence-corrected chi connectivity index (χ4v) is 6.85. The van der Waals surface area contributed by atoms with E-state index in [9.17, 15) is 0 Å². The molecule has 0 spiro atoms. The van der Waals surface area contributed by atoms with E-state index in [1.165, 1.54) is 16.7 Å². The SMILES string of the molecule is CC1(C)OB(c2ccc(N(c3ccc(-c4ccc(-c5ccccc5)cc4)cc3)c3ccccc3-c3ccccc3)cc2-c2ccccn2)OC1(C)C. The van der Waals surface area contributed by atoms with Gasteiger partial charge in [-0.15, -0.1) is 0 Å². The van der Waals surface area contributed by atoms with Crippen molar-refractivity contribution in [2.24, 2.45) is 0 Å². The van der Waals surface area contributed by atoms with E-state index in [1.54, 1.807) is 0 Å². The molecule has 4 nitrogen and oxygen atoms in total. The van der Waals surface area contributed by atoms with E-state index >= 15 is 0 Å². The third-order valence-corrected chi connectivity index (χ3v) is 10.4. The van der Waals surface area contributed by atoms with Gasteiger partial charge in [0.1, 0.15) is 0 Å². The Morgan fingerprint density at radius 2 is 0.962 bits per heavy atom. The molecule has 1 aromatic heterocycles. The maximum atomic E-state index is 6.58. The van der Waals surface area contributed by atoms with Crippen molar-refractivity contribution >= 4 is 29.6 Å². The summed E-state index contributed by atoms with van der Waals surface area (Å²) in [4.78, 5) is 7.14. The van der Waals surface area contributed by atoms with Gasteiger partial charge in [-0.25, -0.2) is 0 Å². The van der Waals surface area contributed by atoms with Crippen molar-refractivity contribution in [3.05, 3.63) is 176 Å². The van der Waals surface area contributed by atoms with E-state index < -0.39 is 18.3 Å². The Bertz CT molecular complexity index is 2270. The minimum atomic E-state index is -0.534. The van der Waals surface area contributed by atoms with Crippen molar-refractivity contribution in [3.8, 4) is 44.6 Å². The van der Waals surface area contributed by atoms with E-state index in [0.717, 1.165) is 50.5 Å². The largest absolute Gasteiger partial charge is 0.495 e. The first-order valence-corrected chi connectivity index (χ1v) is 17.9. The van der Waals surface area contributed by atoms with Crippen LogP contribution in [0.2, 0.25) is 0 Å². The normalized spacial score (nSPS) is 14.7. The Hall–Kier alpha value is -5.75. The van der Waals surface area contributed by atoms with Gasteiger partial charge in [0.15, 0.2) is 0 Å². The molecule has 7 aromatic rings. The zero-order valence-corrected chi connectivity index (χ0v) is 30.0. The molecule has 1 aliphatic rings. The maximum absolute atomic E-state index is 6.58. The van der Waals surface area contributed by atoms with Crippen molar-refractivity contribution in [3.63, 3.8) is 0 Å². The Morgan fingerprint density at radius 3 is 1.56 bits per heavy atom. The standard InChI is InChI=1S/C47H41BN2O2/c1-46(2)47(3,4)52-48(51-46)43-31-30-40(33-42(43)44-20-13-14-32-49-44)50(45-21-12-11-19-41(45)38-17-9-6-10-18-38)39-28-26-37(27-29-39)36-24-22-35(23-25-36)34-15-7-5-8-16-34/h5-33H,1-4H3. The maximum Gasteiger partial charge on any atom is 0.495 e. The molecule has 0 saturated carbocycles. The van der Waals surface area contributed by atoms with Crippen molar-refractivity contribution < 1.29 is 9.31 Å². The van der Waals surface area contributed by atoms with Crippen LogP contribution in [0.3, 0.4) is 0 Å². The summed E-state index contributed by atoms with van der Waals surface area (Å²) in [6, 6.07) is 59.9. The lowest BCUT2D eigenvalue weighted by Gasteiger charge is -2.32. The molecule has 0 unspecified atom stereocenters. The van der Waals surface area contributed by atoms with E-state index in [1.807, 2.05) is 24.4 Å². The summed E-state index contributed by atoms with van der Waals surface area (Å²) in [7, 11) is -0.534. The average molecular weight is 677 g/mol. The molecule has 8 rings (SSSR count). The van der Waals surface area contributed by atoms with Crippen LogP contribution >= 0.6 is 0 Å². The smallest absolute Gasteiger partial charge is 0.399 e. The number of para-hydroxylation sites is 1. The Labute approximate surface area is 307 Å². The molecule has 2 heterocycles. The lowest BCUT2D eigenvalue weighted by atomic mass is 9.75. The van der Waals surface area contributed by atoms with E-state index in [2.05, 4.69) is 184 Å². The minimum absolute atomic E-state index is 0.470. The van der Waals surface area contributed by atoms with Crippen molar-refractivity contribution in [1.29, 1.82) is 0 Å². The molecule has 0 amide bonds. The predicted octanol–water partition coefficient (Wildman–Crippen LogP) is 11.5. The van der Waals surface area contributed by atoms with Crippen LogP contribution in [0.5, 0.6) is 0 Å². The van der Waals surface area contributed by atoms with Gasteiger partial charge in [-0.3, -0.25) is 4.98 Å². The molecule has 254 valence electrons. The lowest BCUT2D eigenvalue weighted by molar-refractivity contribution is 0.00578. The highest BCUT2D eigenvalue weighted by atomic mass is 16.7. The fraction of sp³-hybridized carbons (Fsp3) is 0.128. The second kappa shape index (κ2) is 13.8. The number of hydrogen-bond acceptors (Lipinski definition) is 4. The van der Waals surface area contributed by atoms with Gasteiger partial charge < -0.3 is 14.2 Å². The highest BCUT2D eigenvalue weighted by molar-refractivity contribution is 6.64. The summed E-state index contributed by atoms with van der Waals surface area (Å²) in [5.74, 6) is 0. The van der Waals surface area contributed by atoms with Crippen LogP contribution in [0.4, 0.5) is 17.1 Å². The molecule has 0 bridgehead atoms. The number of benzene rings is 6. The highest BCUT2D eigenvalue weighted by Crippen LogP contribution is 2.43. The van der Waals surface area contributed by atoms with Crippen molar-refractivity contribution in [2.45, 2.75) is 38.9 Å². The van der Waals surface area contributed by atoms with Crippen LogP contribution in [0.25, 0.3) is 44.6 Å². The van der Waals surface area contributed by atoms with Crippen LogP contribution < -0.4 is 10.4 Å². The van der Waals surface area contributed by atoms with Gasteiger partial charge in [-0.1, -0.05) is 127 Å². The van der Waals surface area contributed by atoms with Gasteiger partial charge >= 0.3 is 7.12 Å². The lowest BCUT2D eigenvalue weighted by Crippen LogP contribution is -2.41. The zero-order chi connectivity index (χ0) is 35.7. The molecular formula is C47H41BN2O2. The Balaban J connectivity index is 1.25. The molecule has 0 atom stereocenters. The summed E-state index contributed by atoms with van der Waals surface area (Å²) in [6.45, 7) is 8.35. The molecule has 1 aliphatic heterocycles. The number of nitrogens with zero attached hydrogens (tertiary/aromatic N) is 2. The first-order valence-electron chi connectivity index (χ1n) is 17.9. The summed E-state index contributed by atoms with van der Waals surface area (Å²) < 4.78 is 13.2.